The van der Waals surface area contributed by atoms with Gasteiger partial charge in [-0.3, -0.25) is 9.59 Å². The first-order valence-corrected chi connectivity index (χ1v) is 7.66. The fourth-order valence-electron chi connectivity index (χ4n) is 2.59. The Hall–Kier alpha value is -3.16. The highest BCUT2D eigenvalue weighted by atomic mass is 16.7. The zero-order valence-corrected chi connectivity index (χ0v) is 13.8. The lowest BCUT2D eigenvalue weighted by Gasteiger charge is -2.14. The van der Waals surface area contributed by atoms with Gasteiger partial charge in [-0.2, -0.15) is 0 Å². The minimum absolute atomic E-state index is 0.0251. The van der Waals surface area contributed by atoms with Crippen LogP contribution in [0, 0.1) is 0 Å². The second kappa shape index (κ2) is 6.39. The van der Waals surface area contributed by atoms with Crippen LogP contribution in [0.2, 0.25) is 0 Å². The maximum Gasteiger partial charge on any atom is 0.337 e. The van der Waals surface area contributed by atoms with Crippen LogP contribution in [0.3, 0.4) is 0 Å². The van der Waals surface area contributed by atoms with Crippen molar-refractivity contribution in [1.29, 1.82) is 0 Å². The highest BCUT2D eigenvalue weighted by Gasteiger charge is 2.32. The van der Waals surface area contributed by atoms with Gasteiger partial charge in [0.05, 0.1) is 6.42 Å². The van der Waals surface area contributed by atoms with Crippen molar-refractivity contribution in [1.82, 2.24) is 5.06 Å². The Bertz CT molecular complexity index is 914. The third kappa shape index (κ3) is 3.37. The summed E-state index contributed by atoms with van der Waals surface area (Å²) in [5.74, 6) is -1.90. The van der Waals surface area contributed by atoms with Crippen molar-refractivity contribution in [3.05, 3.63) is 40.2 Å². The minimum Gasteiger partial charge on any atom is -0.423 e. The summed E-state index contributed by atoms with van der Waals surface area (Å²) in [5.41, 5.74) is 0.985. The molecule has 8 nitrogen and oxygen atoms in total. The summed E-state index contributed by atoms with van der Waals surface area (Å²) >= 11 is 0. The molecule has 130 valence electrons. The van der Waals surface area contributed by atoms with Crippen molar-refractivity contribution < 1.29 is 23.6 Å². The predicted molar refractivity (Wildman–Crippen MR) is 87.7 cm³/mol. The van der Waals surface area contributed by atoms with Crippen LogP contribution in [-0.2, 0) is 25.6 Å². The molecule has 1 aromatic heterocycles. The molecule has 0 saturated carbocycles. The molecule has 0 spiro atoms. The van der Waals surface area contributed by atoms with Crippen LogP contribution >= 0.6 is 0 Å². The number of hydroxylamine groups is 2. The molecule has 8 heteroatoms. The second-order valence-electron chi connectivity index (χ2n) is 5.89. The Labute approximate surface area is 142 Å². The van der Waals surface area contributed by atoms with E-state index in [1.54, 1.807) is 12.1 Å². The van der Waals surface area contributed by atoms with E-state index in [0.29, 0.717) is 21.6 Å². The summed E-state index contributed by atoms with van der Waals surface area (Å²) < 4.78 is 5.19. The molecular weight excluding hydrogens is 328 g/mol. The number of hydrogen-bond donors (Lipinski definition) is 0. The first kappa shape index (κ1) is 16.7. The van der Waals surface area contributed by atoms with Crippen LogP contribution in [0.1, 0.15) is 18.4 Å². The molecule has 1 aliphatic heterocycles. The molecule has 0 bridgehead atoms. The maximum atomic E-state index is 12.1. The van der Waals surface area contributed by atoms with Crippen LogP contribution < -0.4 is 10.5 Å². The van der Waals surface area contributed by atoms with Crippen LogP contribution in [0.25, 0.3) is 11.0 Å². The smallest absolute Gasteiger partial charge is 0.337 e. The largest absolute Gasteiger partial charge is 0.423 e. The van der Waals surface area contributed by atoms with E-state index in [-0.39, 0.29) is 19.3 Å². The third-order valence-corrected chi connectivity index (χ3v) is 3.86. The summed E-state index contributed by atoms with van der Waals surface area (Å²) in [7, 11) is 3.70. The summed E-state index contributed by atoms with van der Waals surface area (Å²) in [4.78, 5) is 53.5. The van der Waals surface area contributed by atoms with Crippen LogP contribution in [0.4, 0.5) is 5.69 Å². The molecule has 1 saturated heterocycles. The van der Waals surface area contributed by atoms with Crippen molar-refractivity contribution in [3.8, 4) is 0 Å². The fourth-order valence-corrected chi connectivity index (χ4v) is 2.59. The number of nitrogens with zero attached hydrogens (tertiary/aromatic N) is 2. The summed E-state index contributed by atoms with van der Waals surface area (Å²) in [5, 5.41) is 1.07. The molecule has 0 aliphatic carbocycles. The molecule has 1 aromatic carbocycles. The first-order valence-electron chi connectivity index (χ1n) is 7.66. The van der Waals surface area contributed by atoms with Gasteiger partial charge in [0.1, 0.15) is 5.58 Å². The molecule has 0 N–H and O–H groups in total. The van der Waals surface area contributed by atoms with Gasteiger partial charge in [-0.1, -0.05) is 0 Å². The minimum atomic E-state index is -0.799. The number of amides is 2. The van der Waals surface area contributed by atoms with Gasteiger partial charge < -0.3 is 14.2 Å². The standard InChI is InChI=1S/C17H16N2O6/c1-18(2)11-3-4-12-10(7-16(22)24-13(12)9-11)8-17(23)25-19-14(20)5-6-15(19)21/h3-4,7,9H,5-6,8H2,1-2H3. The predicted octanol–water partition coefficient (Wildman–Crippen LogP) is 1.01. The van der Waals surface area contributed by atoms with Gasteiger partial charge in [0.2, 0.25) is 0 Å². The second-order valence-corrected chi connectivity index (χ2v) is 5.89. The number of anilines is 1. The van der Waals surface area contributed by atoms with Crippen molar-refractivity contribution in [3.63, 3.8) is 0 Å². The van der Waals surface area contributed by atoms with E-state index < -0.39 is 23.4 Å². The average Bonchev–Trinajstić information content (AvgIpc) is 2.86. The molecule has 0 atom stereocenters. The lowest BCUT2D eigenvalue weighted by atomic mass is 10.1. The normalized spacial score (nSPS) is 14.2. The van der Waals surface area contributed by atoms with E-state index in [9.17, 15) is 19.2 Å². The van der Waals surface area contributed by atoms with Gasteiger partial charge in [0, 0.05) is 50.1 Å². The zero-order valence-electron chi connectivity index (χ0n) is 13.8. The number of imide groups is 1. The Balaban J connectivity index is 1.88. The van der Waals surface area contributed by atoms with Crippen LogP contribution in [0.5, 0.6) is 0 Å². The Morgan fingerprint density at radius 2 is 1.84 bits per heavy atom. The topological polar surface area (TPSA) is 97.1 Å². The van der Waals surface area contributed by atoms with Crippen molar-refractivity contribution >= 4 is 34.4 Å². The number of rotatable bonds is 4. The molecule has 2 amide bonds. The van der Waals surface area contributed by atoms with Gasteiger partial charge >= 0.3 is 11.6 Å². The summed E-state index contributed by atoms with van der Waals surface area (Å²) in [6.45, 7) is 0. The monoisotopic (exact) mass is 344 g/mol. The van der Waals surface area contributed by atoms with Crippen molar-refractivity contribution in [2.45, 2.75) is 19.3 Å². The SMILES string of the molecule is CN(C)c1ccc2c(CC(=O)ON3C(=O)CCC3=O)cc(=O)oc2c1. The Morgan fingerprint density at radius 3 is 2.48 bits per heavy atom. The molecule has 1 aliphatic rings. The number of carbonyl (C=O) groups is 3. The van der Waals surface area contributed by atoms with Gasteiger partial charge in [-0.25, -0.2) is 9.59 Å². The fraction of sp³-hybridized carbons (Fsp3) is 0.294. The number of benzene rings is 1. The van der Waals surface area contributed by atoms with E-state index in [1.165, 1.54) is 6.07 Å². The molecule has 2 aromatic rings. The van der Waals surface area contributed by atoms with E-state index in [2.05, 4.69) is 0 Å². The van der Waals surface area contributed by atoms with Gasteiger partial charge in [-0.05, 0) is 17.7 Å². The lowest BCUT2D eigenvalue weighted by molar-refractivity contribution is -0.197. The molecule has 1 fully saturated rings. The highest BCUT2D eigenvalue weighted by Crippen LogP contribution is 2.23. The molecular formula is C17H16N2O6. The van der Waals surface area contributed by atoms with E-state index in [0.717, 1.165) is 5.69 Å². The number of fused-ring (bicyclic) bond motifs is 1. The summed E-state index contributed by atoms with van der Waals surface area (Å²) in [6, 6.07) is 6.46. The van der Waals surface area contributed by atoms with E-state index in [1.807, 2.05) is 25.1 Å². The Kier molecular flexibility index (Phi) is 4.26. The third-order valence-electron chi connectivity index (χ3n) is 3.86. The van der Waals surface area contributed by atoms with Crippen LogP contribution in [-0.4, -0.2) is 36.9 Å². The lowest BCUT2D eigenvalue weighted by Crippen LogP contribution is -2.32. The van der Waals surface area contributed by atoms with Crippen molar-refractivity contribution in [2.24, 2.45) is 0 Å². The molecule has 3 rings (SSSR count). The molecule has 2 heterocycles. The van der Waals surface area contributed by atoms with Gasteiger partial charge in [0.15, 0.2) is 0 Å². The van der Waals surface area contributed by atoms with Gasteiger partial charge in [-0.15, -0.1) is 5.06 Å². The zero-order chi connectivity index (χ0) is 18.1. The van der Waals surface area contributed by atoms with Crippen molar-refractivity contribution in [2.75, 3.05) is 19.0 Å². The van der Waals surface area contributed by atoms with Gasteiger partial charge in [0.25, 0.3) is 11.8 Å². The highest BCUT2D eigenvalue weighted by molar-refractivity contribution is 6.01. The van der Waals surface area contributed by atoms with Crippen LogP contribution in [0.15, 0.2) is 33.5 Å². The molecule has 25 heavy (non-hydrogen) atoms. The quantitative estimate of drug-likeness (QED) is 0.603. The van der Waals surface area contributed by atoms with E-state index in [4.69, 9.17) is 9.25 Å². The maximum absolute atomic E-state index is 12.1. The van der Waals surface area contributed by atoms with E-state index >= 15 is 0 Å². The molecule has 0 unspecified atom stereocenters. The average molecular weight is 344 g/mol. The number of carbonyl (C=O) groups excluding carboxylic acids is 3. The Morgan fingerprint density at radius 1 is 1.16 bits per heavy atom. The first-order chi connectivity index (χ1) is 11.8. The number of hydrogen-bond acceptors (Lipinski definition) is 7. The summed E-state index contributed by atoms with van der Waals surface area (Å²) in [6.07, 6.45) is -0.213. The molecule has 0 radical (unpaired) electrons.